The Bertz CT molecular complexity index is 479. The summed E-state index contributed by atoms with van der Waals surface area (Å²) in [6.07, 6.45) is 3.08. The van der Waals surface area contributed by atoms with Crippen LogP contribution in [0.25, 0.3) is 0 Å². The van der Waals surface area contributed by atoms with Gasteiger partial charge in [0.25, 0.3) is 5.69 Å². The second-order valence-electron chi connectivity index (χ2n) is 4.23. The van der Waals surface area contributed by atoms with Gasteiger partial charge in [-0.05, 0) is 34.8 Å². The number of ether oxygens (including phenoxy) is 1. The molecule has 0 spiro atoms. The molecular formula is C13H17BrN2O4. The highest BCUT2D eigenvalue weighted by Gasteiger charge is 2.08. The van der Waals surface area contributed by atoms with E-state index in [1.54, 1.807) is 6.07 Å². The van der Waals surface area contributed by atoms with Gasteiger partial charge in [0.05, 0.1) is 12.0 Å². The van der Waals surface area contributed by atoms with Gasteiger partial charge < -0.3 is 10.1 Å². The molecule has 20 heavy (non-hydrogen) atoms. The molecule has 0 amide bonds. The van der Waals surface area contributed by atoms with Crippen LogP contribution in [-0.4, -0.2) is 24.5 Å². The molecule has 0 bridgehead atoms. The molecule has 0 saturated carbocycles. The first kappa shape index (κ1) is 16.4. The Labute approximate surface area is 125 Å². The number of nitro benzene ring substituents is 1. The van der Waals surface area contributed by atoms with Gasteiger partial charge in [0.15, 0.2) is 0 Å². The largest absolute Gasteiger partial charge is 0.469 e. The SMILES string of the molecule is COC(=O)CCCCCNc1ccc([N+](=O)[O-])cc1Br. The van der Waals surface area contributed by atoms with Crippen molar-refractivity contribution in [2.45, 2.75) is 25.7 Å². The summed E-state index contributed by atoms with van der Waals surface area (Å²) in [7, 11) is 1.38. The van der Waals surface area contributed by atoms with Crippen LogP contribution in [0.4, 0.5) is 11.4 Å². The molecule has 0 unspecified atom stereocenters. The van der Waals surface area contributed by atoms with Gasteiger partial charge in [-0.1, -0.05) is 6.42 Å². The quantitative estimate of drug-likeness (QED) is 0.337. The van der Waals surface area contributed by atoms with Gasteiger partial charge in [0.1, 0.15) is 0 Å². The molecule has 1 aromatic rings. The molecule has 0 aliphatic rings. The summed E-state index contributed by atoms with van der Waals surface area (Å²) in [5.74, 6) is -0.184. The summed E-state index contributed by atoms with van der Waals surface area (Å²) in [4.78, 5) is 21.1. The summed E-state index contributed by atoms with van der Waals surface area (Å²) in [6.45, 7) is 0.748. The molecule has 0 aliphatic carbocycles. The summed E-state index contributed by atoms with van der Waals surface area (Å²) in [6, 6.07) is 4.61. The topological polar surface area (TPSA) is 81.5 Å². The molecule has 0 aliphatic heterocycles. The van der Waals surface area contributed by atoms with Gasteiger partial charge in [-0.3, -0.25) is 14.9 Å². The number of esters is 1. The van der Waals surface area contributed by atoms with E-state index in [0.717, 1.165) is 31.5 Å². The Morgan fingerprint density at radius 2 is 2.15 bits per heavy atom. The summed E-state index contributed by atoms with van der Waals surface area (Å²) in [5, 5.41) is 13.8. The minimum atomic E-state index is -0.429. The average molecular weight is 345 g/mol. The fourth-order valence-electron chi connectivity index (χ4n) is 1.66. The van der Waals surface area contributed by atoms with E-state index in [-0.39, 0.29) is 11.7 Å². The van der Waals surface area contributed by atoms with Crippen molar-refractivity contribution in [1.29, 1.82) is 0 Å². The molecule has 6 nitrogen and oxygen atoms in total. The molecule has 0 radical (unpaired) electrons. The van der Waals surface area contributed by atoms with Crippen LogP contribution in [0.5, 0.6) is 0 Å². The molecule has 0 heterocycles. The minimum Gasteiger partial charge on any atom is -0.469 e. The Morgan fingerprint density at radius 3 is 2.75 bits per heavy atom. The number of benzene rings is 1. The molecule has 1 N–H and O–H groups in total. The molecule has 0 atom stereocenters. The zero-order valence-electron chi connectivity index (χ0n) is 11.2. The van der Waals surface area contributed by atoms with Gasteiger partial charge in [-0.2, -0.15) is 0 Å². The van der Waals surface area contributed by atoms with Crippen molar-refractivity contribution in [3.8, 4) is 0 Å². The molecule has 1 aromatic carbocycles. The molecule has 110 valence electrons. The van der Waals surface area contributed by atoms with Crippen molar-refractivity contribution in [2.24, 2.45) is 0 Å². The molecular weight excluding hydrogens is 328 g/mol. The Hall–Kier alpha value is -1.63. The number of methoxy groups -OCH3 is 1. The maximum Gasteiger partial charge on any atom is 0.305 e. The van der Waals surface area contributed by atoms with Crippen LogP contribution in [0.2, 0.25) is 0 Å². The Kier molecular flexibility index (Phi) is 7.00. The number of unbranched alkanes of at least 4 members (excludes halogenated alkanes) is 2. The smallest absolute Gasteiger partial charge is 0.305 e. The van der Waals surface area contributed by atoms with Crippen LogP contribution in [0.1, 0.15) is 25.7 Å². The number of hydrogen-bond acceptors (Lipinski definition) is 5. The van der Waals surface area contributed by atoms with Crippen LogP contribution < -0.4 is 5.32 Å². The number of anilines is 1. The lowest BCUT2D eigenvalue weighted by Gasteiger charge is -2.08. The average Bonchev–Trinajstić information content (AvgIpc) is 2.43. The van der Waals surface area contributed by atoms with E-state index in [0.29, 0.717) is 10.9 Å². The second-order valence-corrected chi connectivity index (χ2v) is 5.09. The first-order valence-corrected chi connectivity index (χ1v) is 7.08. The lowest BCUT2D eigenvalue weighted by atomic mass is 10.2. The Balaban J connectivity index is 2.29. The van der Waals surface area contributed by atoms with Crippen LogP contribution in [0.15, 0.2) is 22.7 Å². The van der Waals surface area contributed by atoms with E-state index < -0.39 is 4.92 Å². The number of non-ortho nitro benzene ring substituents is 1. The fourth-order valence-corrected chi connectivity index (χ4v) is 2.16. The molecule has 0 aromatic heterocycles. The predicted octanol–water partition coefficient (Wildman–Crippen LogP) is 3.50. The summed E-state index contributed by atoms with van der Waals surface area (Å²) < 4.78 is 5.22. The van der Waals surface area contributed by atoms with E-state index in [4.69, 9.17) is 0 Å². The van der Waals surface area contributed by atoms with E-state index in [1.165, 1.54) is 19.2 Å². The monoisotopic (exact) mass is 344 g/mol. The predicted molar refractivity (Wildman–Crippen MR) is 79.8 cm³/mol. The number of hydrogen-bond donors (Lipinski definition) is 1. The molecule has 0 fully saturated rings. The van der Waals surface area contributed by atoms with Crippen molar-refractivity contribution in [2.75, 3.05) is 19.0 Å². The van der Waals surface area contributed by atoms with Crippen molar-refractivity contribution >= 4 is 33.3 Å². The zero-order chi connectivity index (χ0) is 15.0. The first-order chi connectivity index (χ1) is 9.54. The normalized spacial score (nSPS) is 10.1. The molecule has 1 rings (SSSR count). The standard InChI is InChI=1S/C13H17BrN2O4/c1-20-13(17)5-3-2-4-8-15-12-7-6-10(16(18)19)9-11(12)14/h6-7,9,15H,2-5,8H2,1H3. The van der Waals surface area contributed by atoms with Crippen LogP contribution >= 0.6 is 15.9 Å². The van der Waals surface area contributed by atoms with Crippen LogP contribution in [-0.2, 0) is 9.53 Å². The van der Waals surface area contributed by atoms with Gasteiger partial charge >= 0.3 is 5.97 Å². The highest BCUT2D eigenvalue weighted by atomic mass is 79.9. The lowest BCUT2D eigenvalue weighted by Crippen LogP contribution is -2.04. The van der Waals surface area contributed by atoms with E-state index in [2.05, 4.69) is 26.0 Å². The zero-order valence-corrected chi connectivity index (χ0v) is 12.8. The van der Waals surface area contributed by atoms with Crippen molar-refractivity contribution < 1.29 is 14.5 Å². The molecule has 0 saturated heterocycles. The van der Waals surface area contributed by atoms with Crippen molar-refractivity contribution in [3.05, 3.63) is 32.8 Å². The third-order valence-corrected chi connectivity index (χ3v) is 3.42. The first-order valence-electron chi connectivity index (χ1n) is 6.29. The molecule has 7 heteroatoms. The highest BCUT2D eigenvalue weighted by Crippen LogP contribution is 2.27. The third kappa shape index (κ3) is 5.56. The van der Waals surface area contributed by atoms with E-state index in [1.807, 2.05) is 0 Å². The lowest BCUT2D eigenvalue weighted by molar-refractivity contribution is -0.384. The number of rotatable bonds is 8. The number of carbonyl (C=O) groups excluding carboxylic acids is 1. The second kappa shape index (κ2) is 8.52. The Morgan fingerprint density at radius 1 is 1.40 bits per heavy atom. The number of halogens is 1. The number of nitro groups is 1. The maximum absolute atomic E-state index is 10.9. The van der Waals surface area contributed by atoms with E-state index in [9.17, 15) is 14.9 Å². The van der Waals surface area contributed by atoms with Gasteiger partial charge in [0, 0.05) is 35.3 Å². The summed E-state index contributed by atoms with van der Waals surface area (Å²) >= 11 is 3.30. The maximum atomic E-state index is 10.9. The van der Waals surface area contributed by atoms with Gasteiger partial charge in [-0.25, -0.2) is 0 Å². The van der Waals surface area contributed by atoms with Gasteiger partial charge in [-0.15, -0.1) is 0 Å². The fraction of sp³-hybridized carbons (Fsp3) is 0.462. The minimum absolute atomic E-state index is 0.0560. The number of carbonyl (C=O) groups is 1. The number of nitrogens with one attached hydrogen (secondary N) is 1. The number of nitrogens with zero attached hydrogens (tertiary/aromatic N) is 1. The van der Waals surface area contributed by atoms with Crippen molar-refractivity contribution in [1.82, 2.24) is 0 Å². The van der Waals surface area contributed by atoms with E-state index >= 15 is 0 Å². The summed E-state index contributed by atoms with van der Waals surface area (Å²) in [5.41, 5.74) is 0.879. The highest BCUT2D eigenvalue weighted by molar-refractivity contribution is 9.10. The van der Waals surface area contributed by atoms with Crippen LogP contribution in [0, 0.1) is 10.1 Å². The van der Waals surface area contributed by atoms with Crippen LogP contribution in [0.3, 0.4) is 0 Å². The van der Waals surface area contributed by atoms with Crippen molar-refractivity contribution in [3.63, 3.8) is 0 Å². The van der Waals surface area contributed by atoms with Gasteiger partial charge in [0.2, 0.25) is 0 Å². The third-order valence-electron chi connectivity index (χ3n) is 2.76.